The van der Waals surface area contributed by atoms with E-state index in [-0.39, 0.29) is 5.91 Å². The van der Waals surface area contributed by atoms with Crippen LogP contribution < -0.4 is 10.1 Å². The van der Waals surface area contributed by atoms with Crippen molar-refractivity contribution in [3.8, 4) is 17.2 Å². The van der Waals surface area contributed by atoms with Crippen LogP contribution in [0.4, 0.5) is 5.69 Å². The zero-order chi connectivity index (χ0) is 20.9. The van der Waals surface area contributed by atoms with Gasteiger partial charge in [0.05, 0.1) is 12.8 Å². The molecule has 0 spiro atoms. The molecule has 1 amide bonds. The van der Waals surface area contributed by atoms with E-state index in [1.807, 2.05) is 51.1 Å². The van der Waals surface area contributed by atoms with Crippen molar-refractivity contribution in [1.29, 1.82) is 0 Å². The molecule has 5 heteroatoms. The highest BCUT2D eigenvalue weighted by atomic mass is 16.5. The summed E-state index contributed by atoms with van der Waals surface area (Å²) in [6, 6.07) is 13.7. The fraction of sp³-hybridized carbons (Fsp3) is 0.333. The van der Waals surface area contributed by atoms with Crippen LogP contribution in [-0.2, 0) is 4.79 Å². The van der Waals surface area contributed by atoms with Crippen LogP contribution in [-0.4, -0.2) is 17.5 Å². The quantitative estimate of drug-likeness (QED) is 0.493. The molecule has 0 saturated carbocycles. The number of oxazole rings is 1. The summed E-state index contributed by atoms with van der Waals surface area (Å²) < 4.78 is 11.2. The molecule has 0 atom stereocenters. The maximum absolute atomic E-state index is 12.8. The summed E-state index contributed by atoms with van der Waals surface area (Å²) >= 11 is 0. The number of nitrogens with one attached hydrogen (secondary N) is 1. The number of carbonyl (C=O) groups excluding carboxylic acids is 1. The third-order valence-electron chi connectivity index (χ3n) is 4.96. The number of aryl methyl sites for hydroxylation is 2. The number of carbonyl (C=O) groups is 1. The average Bonchev–Trinajstić information content (AvgIpc) is 3.23. The highest BCUT2D eigenvalue weighted by molar-refractivity contribution is 5.95. The summed E-state index contributed by atoms with van der Waals surface area (Å²) in [5.41, 5.74) is 3.35. The van der Waals surface area contributed by atoms with E-state index in [1.165, 1.54) is 11.8 Å². The Hall–Kier alpha value is -3.08. The van der Waals surface area contributed by atoms with Gasteiger partial charge in [0.1, 0.15) is 12.0 Å². The Balaban J connectivity index is 1.53. The van der Waals surface area contributed by atoms with E-state index in [0.717, 1.165) is 35.4 Å². The van der Waals surface area contributed by atoms with Gasteiger partial charge in [-0.1, -0.05) is 32.0 Å². The minimum atomic E-state index is -0.510. The molecular weight excluding hydrogens is 364 g/mol. The number of ether oxygens (including phenoxy) is 1. The summed E-state index contributed by atoms with van der Waals surface area (Å²) in [4.78, 5) is 17.0. The molecule has 3 aromatic rings. The number of nitrogens with zero attached hydrogens (tertiary/aromatic N) is 1. The molecule has 29 heavy (non-hydrogen) atoms. The highest BCUT2D eigenvalue weighted by Gasteiger charge is 2.27. The maximum Gasteiger partial charge on any atom is 0.230 e. The molecule has 1 aromatic heterocycles. The van der Waals surface area contributed by atoms with Crippen molar-refractivity contribution < 1.29 is 13.9 Å². The Morgan fingerprint density at radius 2 is 2.00 bits per heavy atom. The monoisotopic (exact) mass is 392 g/mol. The first-order chi connectivity index (χ1) is 13.8. The average molecular weight is 392 g/mol. The zero-order valence-corrected chi connectivity index (χ0v) is 17.5. The minimum absolute atomic E-state index is 0.0196. The lowest BCUT2D eigenvalue weighted by atomic mass is 9.87. The largest absolute Gasteiger partial charge is 0.493 e. The van der Waals surface area contributed by atoms with E-state index < -0.39 is 5.41 Å². The van der Waals surface area contributed by atoms with Crippen LogP contribution in [0.2, 0.25) is 0 Å². The minimum Gasteiger partial charge on any atom is -0.493 e. The van der Waals surface area contributed by atoms with Crippen LogP contribution in [0.1, 0.15) is 37.8 Å². The number of aromatic nitrogens is 1. The van der Waals surface area contributed by atoms with Gasteiger partial charge in [0.2, 0.25) is 11.8 Å². The molecule has 3 rings (SSSR count). The smallest absolute Gasteiger partial charge is 0.230 e. The van der Waals surface area contributed by atoms with Gasteiger partial charge in [0.25, 0.3) is 0 Å². The van der Waals surface area contributed by atoms with Crippen LogP contribution in [0.25, 0.3) is 11.5 Å². The van der Waals surface area contributed by atoms with Crippen molar-refractivity contribution >= 4 is 11.6 Å². The van der Waals surface area contributed by atoms with E-state index in [9.17, 15) is 4.79 Å². The second-order valence-corrected chi connectivity index (χ2v) is 7.98. The second-order valence-electron chi connectivity index (χ2n) is 7.98. The van der Waals surface area contributed by atoms with E-state index in [2.05, 4.69) is 29.4 Å². The van der Waals surface area contributed by atoms with E-state index in [1.54, 1.807) is 6.20 Å². The molecule has 1 N–H and O–H groups in total. The molecule has 1 heterocycles. The summed E-state index contributed by atoms with van der Waals surface area (Å²) in [7, 11) is 0. The van der Waals surface area contributed by atoms with Crippen LogP contribution in [0.15, 0.2) is 59.3 Å². The van der Waals surface area contributed by atoms with Gasteiger partial charge in [-0.25, -0.2) is 4.98 Å². The molecule has 0 unspecified atom stereocenters. The first-order valence-electron chi connectivity index (χ1n) is 9.86. The molecule has 0 aliphatic rings. The fourth-order valence-corrected chi connectivity index (χ4v) is 3.07. The first-order valence-corrected chi connectivity index (χ1v) is 9.86. The second kappa shape index (κ2) is 8.95. The highest BCUT2D eigenvalue weighted by Crippen LogP contribution is 2.27. The maximum atomic E-state index is 12.8. The number of hydrogen-bond acceptors (Lipinski definition) is 4. The van der Waals surface area contributed by atoms with Crippen LogP contribution in [0.3, 0.4) is 0 Å². The number of anilines is 1. The van der Waals surface area contributed by atoms with Gasteiger partial charge in [0.15, 0.2) is 0 Å². The fourth-order valence-electron chi connectivity index (χ4n) is 3.07. The third-order valence-corrected chi connectivity index (χ3v) is 4.96. The van der Waals surface area contributed by atoms with Gasteiger partial charge in [-0.2, -0.15) is 0 Å². The summed E-state index contributed by atoms with van der Waals surface area (Å²) in [5, 5.41) is 3.01. The molecule has 0 aliphatic heterocycles. The number of benzene rings is 2. The molecule has 0 saturated heterocycles. The lowest BCUT2D eigenvalue weighted by Gasteiger charge is -2.24. The van der Waals surface area contributed by atoms with E-state index in [0.29, 0.717) is 12.5 Å². The van der Waals surface area contributed by atoms with Gasteiger partial charge in [0, 0.05) is 16.7 Å². The number of amides is 1. The molecule has 152 valence electrons. The zero-order valence-electron chi connectivity index (χ0n) is 17.5. The summed E-state index contributed by atoms with van der Waals surface area (Å²) in [6.45, 7) is 8.59. The number of hydrogen-bond donors (Lipinski definition) is 1. The lowest BCUT2D eigenvalue weighted by molar-refractivity contribution is -0.124. The van der Waals surface area contributed by atoms with E-state index >= 15 is 0 Å². The van der Waals surface area contributed by atoms with Crippen molar-refractivity contribution in [2.75, 3.05) is 11.9 Å². The predicted molar refractivity (Wildman–Crippen MR) is 115 cm³/mol. The molecule has 0 fully saturated rings. The summed E-state index contributed by atoms with van der Waals surface area (Å²) in [5.74, 6) is 1.42. The molecule has 2 aromatic carbocycles. The van der Waals surface area contributed by atoms with E-state index in [4.69, 9.17) is 9.15 Å². The Morgan fingerprint density at radius 1 is 1.17 bits per heavy atom. The van der Waals surface area contributed by atoms with Crippen molar-refractivity contribution in [3.63, 3.8) is 0 Å². The predicted octanol–water partition coefficient (Wildman–Crippen LogP) is 5.78. The molecule has 0 aliphatic carbocycles. The Morgan fingerprint density at radius 3 is 2.76 bits per heavy atom. The Bertz CT molecular complexity index is 962. The molecule has 0 bridgehead atoms. The third kappa shape index (κ3) is 5.47. The summed E-state index contributed by atoms with van der Waals surface area (Å²) in [6.07, 6.45) is 4.65. The van der Waals surface area contributed by atoms with Crippen LogP contribution >= 0.6 is 0 Å². The SMILES string of the molecule is Cc1ccc(C)c(OCCCC(C)(C)C(=O)Nc2cccc(-c3ncco3)c2)c1. The Labute approximate surface area is 172 Å². The van der Waals surface area contributed by atoms with Gasteiger partial charge in [-0.3, -0.25) is 4.79 Å². The molecule has 0 radical (unpaired) electrons. The lowest BCUT2D eigenvalue weighted by Crippen LogP contribution is -2.31. The molecule has 5 nitrogen and oxygen atoms in total. The first kappa shape index (κ1) is 20.6. The van der Waals surface area contributed by atoms with Gasteiger partial charge >= 0.3 is 0 Å². The standard InChI is InChI=1S/C24H28N2O3/c1-17-9-10-18(2)21(15-17)28-13-6-11-24(3,4)23(27)26-20-8-5-7-19(16-20)22-25-12-14-29-22/h5,7-10,12,14-16H,6,11,13H2,1-4H3,(H,26,27). The van der Waals surface area contributed by atoms with Crippen LogP contribution in [0, 0.1) is 19.3 Å². The molecular formula is C24H28N2O3. The topological polar surface area (TPSA) is 64.4 Å². The van der Waals surface area contributed by atoms with Crippen molar-refractivity contribution in [2.24, 2.45) is 5.41 Å². The van der Waals surface area contributed by atoms with Crippen LogP contribution in [0.5, 0.6) is 5.75 Å². The van der Waals surface area contributed by atoms with Gasteiger partial charge < -0.3 is 14.5 Å². The van der Waals surface area contributed by atoms with Crippen molar-refractivity contribution in [3.05, 3.63) is 66.1 Å². The van der Waals surface area contributed by atoms with Crippen molar-refractivity contribution in [2.45, 2.75) is 40.5 Å². The van der Waals surface area contributed by atoms with Crippen molar-refractivity contribution in [1.82, 2.24) is 4.98 Å². The normalized spacial score (nSPS) is 11.3. The van der Waals surface area contributed by atoms with Gasteiger partial charge in [-0.15, -0.1) is 0 Å². The number of rotatable bonds is 8. The van der Waals surface area contributed by atoms with Gasteiger partial charge in [-0.05, 0) is 62.1 Å². The Kier molecular flexibility index (Phi) is 6.37.